The fraction of sp³-hybridized carbons (Fsp3) is 0.292. The van der Waals surface area contributed by atoms with Crippen LogP contribution in [0.2, 0.25) is 0 Å². The number of aliphatic hydroxyl groups is 1. The minimum Gasteiger partial charge on any atom is -0.489 e. The van der Waals surface area contributed by atoms with Crippen molar-refractivity contribution in [3.05, 3.63) is 72.0 Å². The van der Waals surface area contributed by atoms with Crippen LogP contribution in [0.1, 0.15) is 12.0 Å². The fourth-order valence-electron chi connectivity index (χ4n) is 3.91. The van der Waals surface area contributed by atoms with E-state index in [1.165, 1.54) is 11.6 Å². The Balaban J connectivity index is 1.30. The summed E-state index contributed by atoms with van der Waals surface area (Å²) < 4.78 is 18.8. The maximum absolute atomic E-state index is 13.4. The van der Waals surface area contributed by atoms with E-state index in [4.69, 9.17) is 9.84 Å². The number of hydrogen-bond acceptors (Lipinski definition) is 4. The van der Waals surface area contributed by atoms with Crippen molar-refractivity contribution in [1.82, 2.24) is 10.2 Å². The number of rotatable bonds is 7. The second kappa shape index (κ2) is 9.76. The van der Waals surface area contributed by atoms with Crippen molar-refractivity contribution in [1.29, 1.82) is 0 Å². The van der Waals surface area contributed by atoms with Crippen LogP contribution in [0.5, 0.6) is 5.75 Å². The molecule has 1 saturated heterocycles. The molecule has 31 heavy (non-hydrogen) atoms. The van der Waals surface area contributed by atoms with E-state index in [-0.39, 0.29) is 31.1 Å². The number of urea groups is 1. The predicted molar refractivity (Wildman–Crippen MR) is 119 cm³/mol. The summed E-state index contributed by atoms with van der Waals surface area (Å²) in [5.41, 5.74) is 1.73. The van der Waals surface area contributed by atoms with Crippen molar-refractivity contribution in [2.45, 2.75) is 19.0 Å². The first-order valence-corrected chi connectivity index (χ1v) is 10.4. The van der Waals surface area contributed by atoms with Gasteiger partial charge in [-0.25, -0.2) is 9.18 Å². The second-order valence-corrected chi connectivity index (χ2v) is 7.71. The lowest BCUT2D eigenvalue weighted by molar-refractivity contribution is 0.202. The zero-order valence-electron chi connectivity index (χ0n) is 17.2. The zero-order chi connectivity index (χ0) is 21.6. The molecule has 4 rings (SSSR count). The molecule has 0 aliphatic carbocycles. The number of benzene rings is 3. The molecule has 0 unspecified atom stereocenters. The minimum absolute atomic E-state index is 0.0556. The Morgan fingerprint density at radius 1 is 1.13 bits per heavy atom. The van der Waals surface area contributed by atoms with Crippen molar-refractivity contribution in [2.75, 3.05) is 31.6 Å². The average Bonchev–Trinajstić information content (AvgIpc) is 3.19. The van der Waals surface area contributed by atoms with E-state index < -0.39 is 0 Å². The first kappa shape index (κ1) is 21.1. The van der Waals surface area contributed by atoms with E-state index in [1.54, 1.807) is 24.3 Å². The van der Waals surface area contributed by atoms with Gasteiger partial charge in [-0.15, -0.1) is 0 Å². The number of carbonyl (C=O) groups excluding carboxylic acids is 1. The summed E-state index contributed by atoms with van der Waals surface area (Å²) in [5, 5.41) is 16.7. The lowest BCUT2D eigenvalue weighted by Crippen LogP contribution is -2.39. The Hall–Kier alpha value is -3.16. The standard InChI is InChI=1S/C24H26FN3O3/c25-20-8-7-18-13-17(5-6-19(18)14-20)15-28-10-9-21(16-28)26-24(30)27-22-3-1-2-4-23(22)31-12-11-29/h1-8,13-14,21,29H,9-12,15-16H2,(H2,26,27,30)/t21-/m1/s1. The number of aliphatic hydroxyl groups excluding tert-OH is 1. The molecule has 1 fully saturated rings. The van der Waals surface area contributed by atoms with Crippen molar-refractivity contribution in [3.63, 3.8) is 0 Å². The van der Waals surface area contributed by atoms with Gasteiger partial charge < -0.3 is 20.5 Å². The van der Waals surface area contributed by atoms with Gasteiger partial charge in [-0.1, -0.05) is 30.3 Å². The molecule has 3 aromatic rings. The molecular formula is C24H26FN3O3. The molecule has 1 atom stereocenters. The number of nitrogens with one attached hydrogen (secondary N) is 2. The normalized spacial score (nSPS) is 16.4. The van der Waals surface area contributed by atoms with E-state index in [0.717, 1.165) is 36.8 Å². The number of nitrogens with zero attached hydrogens (tertiary/aromatic N) is 1. The SMILES string of the molecule is O=C(Nc1ccccc1OCCO)N[C@@H]1CCN(Cc2ccc3cc(F)ccc3c2)C1. The molecule has 1 aliphatic heterocycles. The Kier molecular flexibility index (Phi) is 6.64. The maximum atomic E-state index is 13.4. The van der Waals surface area contributed by atoms with Gasteiger partial charge in [0, 0.05) is 25.7 Å². The predicted octanol–water partition coefficient (Wildman–Crippen LogP) is 3.75. The fourth-order valence-corrected chi connectivity index (χ4v) is 3.91. The van der Waals surface area contributed by atoms with Crippen LogP contribution in [0.15, 0.2) is 60.7 Å². The Morgan fingerprint density at radius 2 is 1.94 bits per heavy atom. The van der Waals surface area contributed by atoms with Gasteiger partial charge >= 0.3 is 6.03 Å². The highest BCUT2D eigenvalue weighted by Gasteiger charge is 2.24. The average molecular weight is 423 g/mol. The highest BCUT2D eigenvalue weighted by molar-refractivity contribution is 5.91. The van der Waals surface area contributed by atoms with Crippen LogP contribution in [0.25, 0.3) is 10.8 Å². The van der Waals surface area contributed by atoms with Gasteiger partial charge in [-0.3, -0.25) is 4.90 Å². The van der Waals surface area contributed by atoms with E-state index >= 15 is 0 Å². The van der Waals surface area contributed by atoms with Crippen molar-refractivity contribution < 1.29 is 19.0 Å². The molecule has 7 heteroatoms. The number of fused-ring (bicyclic) bond motifs is 1. The molecule has 2 amide bonds. The van der Waals surface area contributed by atoms with Crippen LogP contribution < -0.4 is 15.4 Å². The molecule has 6 nitrogen and oxygen atoms in total. The summed E-state index contributed by atoms with van der Waals surface area (Å²) in [7, 11) is 0. The maximum Gasteiger partial charge on any atom is 0.319 e. The van der Waals surface area contributed by atoms with Gasteiger partial charge in [0.25, 0.3) is 0 Å². The van der Waals surface area contributed by atoms with Gasteiger partial charge in [0.15, 0.2) is 0 Å². The van der Waals surface area contributed by atoms with Crippen LogP contribution in [0, 0.1) is 5.82 Å². The first-order chi connectivity index (χ1) is 15.1. The number of likely N-dealkylation sites (tertiary alicyclic amines) is 1. The monoisotopic (exact) mass is 423 g/mol. The third-order valence-electron chi connectivity index (χ3n) is 5.36. The van der Waals surface area contributed by atoms with Gasteiger partial charge in [0.05, 0.1) is 12.3 Å². The topological polar surface area (TPSA) is 73.8 Å². The van der Waals surface area contributed by atoms with Gasteiger partial charge in [0.1, 0.15) is 18.2 Å². The van der Waals surface area contributed by atoms with E-state index in [2.05, 4.69) is 21.6 Å². The highest BCUT2D eigenvalue weighted by Crippen LogP contribution is 2.24. The van der Waals surface area contributed by atoms with Gasteiger partial charge in [0.2, 0.25) is 0 Å². The number of ether oxygens (including phenoxy) is 1. The van der Waals surface area contributed by atoms with E-state index in [9.17, 15) is 9.18 Å². The Labute approximate surface area is 180 Å². The molecule has 162 valence electrons. The smallest absolute Gasteiger partial charge is 0.319 e. The molecule has 0 radical (unpaired) electrons. The molecule has 3 aromatic carbocycles. The summed E-state index contributed by atoms with van der Waals surface area (Å²) in [4.78, 5) is 14.8. The van der Waals surface area contributed by atoms with Crippen LogP contribution in [0.3, 0.4) is 0 Å². The largest absolute Gasteiger partial charge is 0.489 e. The lowest BCUT2D eigenvalue weighted by atomic mass is 10.1. The summed E-state index contributed by atoms with van der Waals surface area (Å²) in [5.74, 6) is 0.297. The summed E-state index contributed by atoms with van der Waals surface area (Å²) >= 11 is 0. The van der Waals surface area contributed by atoms with Crippen molar-refractivity contribution in [2.24, 2.45) is 0 Å². The zero-order valence-corrected chi connectivity index (χ0v) is 17.2. The number of carbonyl (C=O) groups is 1. The molecule has 1 heterocycles. The molecule has 1 aliphatic rings. The molecule has 0 bridgehead atoms. The molecule has 0 aromatic heterocycles. The number of para-hydroxylation sites is 2. The van der Waals surface area contributed by atoms with Crippen LogP contribution in [0.4, 0.5) is 14.9 Å². The highest BCUT2D eigenvalue weighted by atomic mass is 19.1. The second-order valence-electron chi connectivity index (χ2n) is 7.71. The van der Waals surface area contributed by atoms with Crippen molar-refractivity contribution in [3.8, 4) is 5.75 Å². The Bertz CT molecular complexity index is 1060. The van der Waals surface area contributed by atoms with Gasteiger partial charge in [-0.05, 0) is 53.1 Å². The molecular weight excluding hydrogens is 397 g/mol. The number of hydrogen-bond donors (Lipinski definition) is 3. The van der Waals surface area contributed by atoms with Crippen molar-refractivity contribution >= 4 is 22.5 Å². The van der Waals surface area contributed by atoms with Crippen LogP contribution in [-0.2, 0) is 6.54 Å². The first-order valence-electron chi connectivity index (χ1n) is 10.4. The third kappa shape index (κ3) is 5.51. The quantitative estimate of drug-likeness (QED) is 0.541. The lowest BCUT2D eigenvalue weighted by Gasteiger charge is -2.18. The van der Waals surface area contributed by atoms with E-state index in [0.29, 0.717) is 11.4 Å². The minimum atomic E-state index is -0.278. The number of amides is 2. The van der Waals surface area contributed by atoms with Gasteiger partial charge in [-0.2, -0.15) is 0 Å². The van der Waals surface area contributed by atoms with E-state index in [1.807, 2.05) is 24.3 Å². The summed E-state index contributed by atoms with van der Waals surface area (Å²) in [6.45, 7) is 2.51. The third-order valence-corrected chi connectivity index (χ3v) is 5.36. The molecule has 0 saturated carbocycles. The molecule has 0 spiro atoms. The Morgan fingerprint density at radius 3 is 2.81 bits per heavy atom. The summed E-state index contributed by atoms with van der Waals surface area (Å²) in [6.07, 6.45) is 0.870. The molecule has 3 N–H and O–H groups in total. The summed E-state index contributed by atoms with van der Waals surface area (Å²) in [6, 6.07) is 17.8. The number of anilines is 1. The van der Waals surface area contributed by atoms with Crippen LogP contribution >= 0.6 is 0 Å². The number of halogens is 1. The van der Waals surface area contributed by atoms with Crippen LogP contribution in [-0.4, -0.2) is 48.4 Å².